The van der Waals surface area contributed by atoms with Gasteiger partial charge in [-0.15, -0.1) is 0 Å². The Morgan fingerprint density at radius 2 is 1.96 bits per heavy atom. The van der Waals surface area contributed by atoms with Crippen molar-refractivity contribution in [1.29, 1.82) is 0 Å². The average molecular weight is 387 g/mol. The molecular weight excluding hydrogens is 368 g/mol. The molecule has 1 aromatic heterocycles. The van der Waals surface area contributed by atoms with Crippen molar-refractivity contribution < 1.29 is 13.9 Å². The predicted molar refractivity (Wildman–Crippen MR) is 107 cm³/mol. The monoisotopic (exact) mass is 386 g/mol. The van der Waals surface area contributed by atoms with Gasteiger partial charge in [0.2, 0.25) is 0 Å². The zero-order chi connectivity index (χ0) is 19.4. The van der Waals surface area contributed by atoms with Crippen molar-refractivity contribution in [2.24, 2.45) is 0 Å². The van der Waals surface area contributed by atoms with E-state index in [0.29, 0.717) is 34.0 Å². The van der Waals surface area contributed by atoms with Crippen LogP contribution in [0.1, 0.15) is 23.7 Å². The summed E-state index contributed by atoms with van der Waals surface area (Å²) in [5.41, 5.74) is 0.604. The molecule has 7 heteroatoms. The minimum absolute atomic E-state index is 0.0502. The van der Waals surface area contributed by atoms with E-state index in [2.05, 4.69) is 10.6 Å². The highest BCUT2D eigenvalue weighted by Gasteiger charge is 2.20. The molecule has 140 valence electrons. The zero-order valence-electron chi connectivity index (χ0n) is 15.0. The van der Waals surface area contributed by atoms with Gasteiger partial charge < -0.3 is 19.8 Å². The molecular formula is C20H19ClN2O4. The van der Waals surface area contributed by atoms with Crippen LogP contribution in [0.25, 0.3) is 11.0 Å². The van der Waals surface area contributed by atoms with Gasteiger partial charge in [-0.3, -0.25) is 4.79 Å². The highest BCUT2D eigenvalue weighted by Crippen LogP contribution is 2.30. The largest absolute Gasteiger partial charge is 0.496 e. The Hall–Kier alpha value is -2.99. The molecule has 6 nitrogen and oxygen atoms in total. The number of para-hydroxylation sites is 1. The summed E-state index contributed by atoms with van der Waals surface area (Å²) in [6.45, 7) is 2.65. The highest BCUT2D eigenvalue weighted by atomic mass is 35.5. The molecule has 27 heavy (non-hydrogen) atoms. The molecule has 0 aliphatic rings. The average Bonchev–Trinajstić information content (AvgIpc) is 2.67. The summed E-state index contributed by atoms with van der Waals surface area (Å²) in [6, 6.07) is 11.9. The van der Waals surface area contributed by atoms with Crippen LogP contribution in [0.4, 0.5) is 11.4 Å². The fourth-order valence-corrected chi connectivity index (χ4v) is 2.91. The van der Waals surface area contributed by atoms with E-state index in [-0.39, 0.29) is 11.3 Å². The van der Waals surface area contributed by atoms with Crippen LogP contribution in [0.5, 0.6) is 5.75 Å². The van der Waals surface area contributed by atoms with Crippen molar-refractivity contribution in [2.75, 3.05) is 24.3 Å². The summed E-state index contributed by atoms with van der Waals surface area (Å²) in [4.78, 5) is 25.3. The van der Waals surface area contributed by atoms with Crippen molar-refractivity contribution in [1.82, 2.24) is 0 Å². The van der Waals surface area contributed by atoms with Crippen LogP contribution >= 0.6 is 11.6 Å². The van der Waals surface area contributed by atoms with E-state index in [0.717, 1.165) is 6.42 Å². The fraction of sp³-hybridized carbons (Fsp3) is 0.200. The molecule has 0 aliphatic heterocycles. The summed E-state index contributed by atoms with van der Waals surface area (Å²) < 4.78 is 10.6. The van der Waals surface area contributed by atoms with Crippen LogP contribution in [-0.2, 0) is 0 Å². The van der Waals surface area contributed by atoms with E-state index in [4.69, 9.17) is 20.8 Å². The van der Waals surface area contributed by atoms with Crippen molar-refractivity contribution >= 4 is 39.9 Å². The Balaban J connectivity index is 2.08. The molecule has 0 spiro atoms. The van der Waals surface area contributed by atoms with Gasteiger partial charge in [-0.05, 0) is 36.8 Å². The number of anilines is 2. The lowest BCUT2D eigenvalue weighted by Crippen LogP contribution is -2.21. The van der Waals surface area contributed by atoms with Gasteiger partial charge in [0.15, 0.2) is 5.69 Å². The number of rotatable bonds is 6. The topological polar surface area (TPSA) is 80.6 Å². The number of fused-ring (bicyclic) bond motifs is 1. The number of carbonyl (C=O) groups is 1. The zero-order valence-corrected chi connectivity index (χ0v) is 15.7. The number of nitrogens with one attached hydrogen (secondary N) is 2. The van der Waals surface area contributed by atoms with Crippen LogP contribution in [0.2, 0.25) is 5.02 Å². The van der Waals surface area contributed by atoms with Crippen LogP contribution in [-0.4, -0.2) is 19.6 Å². The molecule has 0 saturated heterocycles. The van der Waals surface area contributed by atoms with E-state index in [1.54, 1.807) is 24.3 Å². The molecule has 1 heterocycles. The standard InChI is InChI=1S/C20H19ClN2O4/c1-3-10-22-17-13-6-4-5-7-16(13)27-20(25)18(17)23-19(24)14-11-12(21)8-9-15(14)26-2/h4-9,11,22H,3,10H2,1-2H3,(H,23,24). The van der Waals surface area contributed by atoms with Crippen LogP contribution in [0.15, 0.2) is 51.7 Å². The lowest BCUT2D eigenvalue weighted by atomic mass is 10.1. The maximum Gasteiger partial charge on any atom is 0.362 e. The lowest BCUT2D eigenvalue weighted by Gasteiger charge is -2.15. The van der Waals surface area contributed by atoms with E-state index in [9.17, 15) is 9.59 Å². The van der Waals surface area contributed by atoms with Crippen molar-refractivity contribution in [3.63, 3.8) is 0 Å². The molecule has 1 amide bonds. The van der Waals surface area contributed by atoms with E-state index < -0.39 is 11.5 Å². The second kappa shape index (κ2) is 8.14. The number of ether oxygens (including phenoxy) is 1. The van der Waals surface area contributed by atoms with Gasteiger partial charge in [0.25, 0.3) is 5.91 Å². The lowest BCUT2D eigenvalue weighted by molar-refractivity contribution is 0.102. The molecule has 2 aromatic carbocycles. The molecule has 0 radical (unpaired) electrons. The quantitative estimate of drug-likeness (QED) is 0.608. The first-order chi connectivity index (χ1) is 13.0. The van der Waals surface area contributed by atoms with Crippen LogP contribution in [0.3, 0.4) is 0 Å². The number of hydrogen-bond donors (Lipinski definition) is 2. The molecule has 0 aliphatic carbocycles. The first kappa shape index (κ1) is 18.8. The molecule has 0 fully saturated rings. The van der Waals surface area contributed by atoms with Gasteiger partial charge in [-0.2, -0.15) is 0 Å². The van der Waals surface area contributed by atoms with E-state index in [1.807, 2.05) is 19.1 Å². The van der Waals surface area contributed by atoms with Gasteiger partial charge in [0.1, 0.15) is 11.3 Å². The molecule has 0 bridgehead atoms. The Bertz CT molecular complexity index is 1050. The summed E-state index contributed by atoms with van der Waals surface area (Å²) >= 11 is 6.00. The van der Waals surface area contributed by atoms with Gasteiger partial charge in [-0.1, -0.05) is 30.7 Å². The first-order valence-corrected chi connectivity index (χ1v) is 8.87. The summed E-state index contributed by atoms with van der Waals surface area (Å²) in [6.07, 6.45) is 0.851. The predicted octanol–water partition coefficient (Wildman–Crippen LogP) is 4.53. The number of benzene rings is 2. The molecule has 0 saturated carbocycles. The van der Waals surface area contributed by atoms with Gasteiger partial charge in [-0.25, -0.2) is 4.79 Å². The third-order valence-electron chi connectivity index (χ3n) is 4.01. The van der Waals surface area contributed by atoms with Crippen molar-refractivity contribution in [3.8, 4) is 5.75 Å². The molecule has 3 rings (SSSR count). The minimum atomic E-state index is -0.637. The van der Waals surface area contributed by atoms with Crippen molar-refractivity contribution in [2.45, 2.75) is 13.3 Å². The Morgan fingerprint density at radius 1 is 1.19 bits per heavy atom. The van der Waals surface area contributed by atoms with Gasteiger partial charge >= 0.3 is 5.63 Å². The highest BCUT2D eigenvalue weighted by molar-refractivity contribution is 6.31. The summed E-state index contributed by atoms with van der Waals surface area (Å²) in [5, 5.41) is 6.96. The number of carbonyl (C=O) groups excluding carboxylic acids is 1. The maximum atomic E-state index is 12.8. The third-order valence-corrected chi connectivity index (χ3v) is 4.24. The molecule has 3 aromatic rings. The SMILES string of the molecule is CCCNc1c(NC(=O)c2cc(Cl)ccc2OC)c(=O)oc2ccccc12. The second-order valence-corrected chi connectivity index (χ2v) is 6.30. The Morgan fingerprint density at radius 3 is 2.70 bits per heavy atom. The van der Waals surface area contributed by atoms with Crippen LogP contribution in [0, 0.1) is 0 Å². The van der Waals surface area contributed by atoms with E-state index in [1.165, 1.54) is 13.2 Å². The molecule has 0 unspecified atom stereocenters. The molecule has 0 atom stereocenters. The number of methoxy groups -OCH3 is 1. The number of hydrogen-bond acceptors (Lipinski definition) is 5. The molecule has 2 N–H and O–H groups in total. The Kier molecular flexibility index (Phi) is 5.66. The first-order valence-electron chi connectivity index (χ1n) is 8.49. The smallest absolute Gasteiger partial charge is 0.362 e. The normalized spacial score (nSPS) is 10.6. The van der Waals surface area contributed by atoms with Gasteiger partial charge in [0.05, 0.1) is 18.4 Å². The number of halogens is 1. The fourth-order valence-electron chi connectivity index (χ4n) is 2.74. The Labute approximate surface area is 161 Å². The van der Waals surface area contributed by atoms with Gasteiger partial charge in [0, 0.05) is 17.0 Å². The second-order valence-electron chi connectivity index (χ2n) is 5.86. The maximum absolute atomic E-state index is 12.8. The number of amides is 1. The third kappa shape index (κ3) is 3.90. The van der Waals surface area contributed by atoms with E-state index >= 15 is 0 Å². The summed E-state index contributed by atoms with van der Waals surface area (Å²) in [7, 11) is 1.46. The summed E-state index contributed by atoms with van der Waals surface area (Å²) in [5.74, 6) is -0.165. The van der Waals surface area contributed by atoms with Crippen LogP contribution < -0.4 is 21.0 Å². The van der Waals surface area contributed by atoms with Crippen molar-refractivity contribution in [3.05, 3.63) is 63.5 Å². The minimum Gasteiger partial charge on any atom is -0.496 e.